The smallest absolute Gasteiger partial charge is 0.309 e. The predicted octanol–water partition coefficient (Wildman–Crippen LogP) is 2.40. The first-order valence-corrected chi connectivity index (χ1v) is 9.30. The molecule has 1 aliphatic rings. The summed E-state index contributed by atoms with van der Waals surface area (Å²) in [5, 5.41) is 3.08. The van der Waals surface area contributed by atoms with Gasteiger partial charge in [-0.05, 0) is 58.2 Å². The van der Waals surface area contributed by atoms with Crippen LogP contribution in [0.2, 0.25) is 0 Å². The minimum absolute atomic E-state index is 0.0101. The summed E-state index contributed by atoms with van der Waals surface area (Å²) in [5.41, 5.74) is 1.30. The normalized spacial score (nSPS) is 17.0. The number of amides is 1. The van der Waals surface area contributed by atoms with Crippen molar-refractivity contribution in [3.8, 4) is 0 Å². The zero-order chi connectivity index (χ0) is 18.1. The first kappa shape index (κ1) is 19.4. The molecule has 1 fully saturated rings. The summed E-state index contributed by atoms with van der Waals surface area (Å²) in [5.74, 6) is -0.0414. The lowest BCUT2D eigenvalue weighted by molar-refractivity contribution is -0.149. The van der Waals surface area contributed by atoms with Crippen LogP contribution >= 0.6 is 0 Å². The molecule has 1 saturated heterocycles. The molecule has 0 aliphatic carbocycles. The van der Waals surface area contributed by atoms with Crippen LogP contribution < -0.4 is 5.32 Å². The number of nitrogens with one attached hydrogen (secondary N) is 1. The molecule has 0 aromatic heterocycles. The molecule has 25 heavy (non-hydrogen) atoms. The lowest BCUT2D eigenvalue weighted by Gasteiger charge is -2.30. The van der Waals surface area contributed by atoms with E-state index in [0.717, 1.165) is 38.8 Å². The number of aryl methyl sites for hydroxylation is 1. The van der Waals surface area contributed by atoms with Crippen molar-refractivity contribution < 1.29 is 14.3 Å². The van der Waals surface area contributed by atoms with Crippen LogP contribution in [0.5, 0.6) is 0 Å². The van der Waals surface area contributed by atoms with Gasteiger partial charge in [-0.2, -0.15) is 0 Å². The zero-order valence-electron chi connectivity index (χ0n) is 15.4. The van der Waals surface area contributed by atoms with E-state index in [1.165, 1.54) is 5.56 Å². The van der Waals surface area contributed by atoms with E-state index >= 15 is 0 Å². The number of likely N-dealkylation sites (tertiary alicyclic amines) is 1. The molecule has 1 heterocycles. The minimum Gasteiger partial charge on any atom is -0.466 e. The third kappa shape index (κ3) is 6.86. The van der Waals surface area contributed by atoms with E-state index in [0.29, 0.717) is 13.2 Å². The second-order valence-electron chi connectivity index (χ2n) is 6.80. The number of hydrogen-bond acceptors (Lipinski definition) is 4. The van der Waals surface area contributed by atoms with Crippen molar-refractivity contribution in [3.05, 3.63) is 35.9 Å². The molecule has 1 aromatic rings. The molecule has 5 heteroatoms. The number of carbonyl (C=O) groups is 2. The maximum atomic E-state index is 12.2. The minimum atomic E-state index is -0.0962. The van der Waals surface area contributed by atoms with Crippen LogP contribution in [0.15, 0.2) is 30.3 Å². The summed E-state index contributed by atoms with van der Waals surface area (Å²) < 4.78 is 5.08. The lowest BCUT2D eigenvalue weighted by atomic mass is 9.97. The molecule has 0 spiro atoms. The number of rotatable bonds is 8. The Kier molecular flexibility index (Phi) is 7.92. The van der Waals surface area contributed by atoms with E-state index < -0.39 is 0 Å². The monoisotopic (exact) mass is 346 g/mol. The Morgan fingerprint density at radius 1 is 1.24 bits per heavy atom. The molecule has 0 saturated carbocycles. The van der Waals surface area contributed by atoms with Crippen LogP contribution in [0.4, 0.5) is 0 Å². The Labute approximate surface area is 150 Å². The number of esters is 1. The second kappa shape index (κ2) is 10.2. The van der Waals surface area contributed by atoms with E-state index in [2.05, 4.69) is 22.3 Å². The number of benzene rings is 1. The summed E-state index contributed by atoms with van der Waals surface area (Å²) in [6.45, 7) is 6.27. The Hall–Kier alpha value is -1.88. The Morgan fingerprint density at radius 2 is 1.92 bits per heavy atom. The van der Waals surface area contributed by atoms with Crippen molar-refractivity contribution in [2.45, 2.75) is 45.6 Å². The highest BCUT2D eigenvalue weighted by Gasteiger charge is 2.26. The van der Waals surface area contributed by atoms with E-state index in [-0.39, 0.29) is 23.8 Å². The highest BCUT2D eigenvalue weighted by atomic mass is 16.5. The maximum Gasteiger partial charge on any atom is 0.309 e. The number of piperidine rings is 1. The average Bonchev–Trinajstić information content (AvgIpc) is 2.61. The van der Waals surface area contributed by atoms with E-state index in [4.69, 9.17) is 4.74 Å². The summed E-state index contributed by atoms with van der Waals surface area (Å²) in [6.07, 6.45) is 3.44. The number of carbonyl (C=O) groups excluding carboxylic acids is 2. The van der Waals surface area contributed by atoms with Gasteiger partial charge in [0.2, 0.25) is 5.91 Å². The van der Waals surface area contributed by atoms with Gasteiger partial charge in [-0.15, -0.1) is 0 Å². The molecule has 138 valence electrons. The van der Waals surface area contributed by atoms with Crippen molar-refractivity contribution in [1.29, 1.82) is 0 Å². The first-order valence-electron chi connectivity index (χ1n) is 9.30. The van der Waals surface area contributed by atoms with E-state index in [9.17, 15) is 9.59 Å². The Morgan fingerprint density at radius 3 is 2.56 bits per heavy atom. The molecular weight excluding hydrogens is 316 g/mol. The van der Waals surface area contributed by atoms with Crippen molar-refractivity contribution in [1.82, 2.24) is 10.2 Å². The van der Waals surface area contributed by atoms with Crippen molar-refractivity contribution in [2.24, 2.45) is 5.92 Å². The topological polar surface area (TPSA) is 58.6 Å². The molecule has 1 N–H and O–H groups in total. The molecule has 5 nitrogen and oxygen atoms in total. The third-order valence-corrected chi connectivity index (χ3v) is 4.69. The van der Waals surface area contributed by atoms with E-state index in [1.54, 1.807) is 0 Å². The fraction of sp³-hybridized carbons (Fsp3) is 0.600. The van der Waals surface area contributed by atoms with E-state index in [1.807, 2.05) is 32.0 Å². The summed E-state index contributed by atoms with van der Waals surface area (Å²) >= 11 is 0. The van der Waals surface area contributed by atoms with Gasteiger partial charge >= 0.3 is 5.97 Å². The quantitative estimate of drug-likeness (QED) is 0.735. The summed E-state index contributed by atoms with van der Waals surface area (Å²) in [7, 11) is 0. The van der Waals surface area contributed by atoms with Gasteiger partial charge < -0.3 is 10.1 Å². The summed E-state index contributed by atoms with van der Waals surface area (Å²) in [6, 6.07) is 10.5. The Bertz CT molecular complexity index is 539. The van der Waals surface area contributed by atoms with Gasteiger partial charge in [-0.3, -0.25) is 14.5 Å². The molecule has 2 rings (SSSR count). The number of hydrogen-bond donors (Lipinski definition) is 1. The highest BCUT2D eigenvalue weighted by molar-refractivity contribution is 5.78. The highest BCUT2D eigenvalue weighted by Crippen LogP contribution is 2.18. The van der Waals surface area contributed by atoms with Crippen LogP contribution in [0.1, 0.15) is 38.7 Å². The van der Waals surface area contributed by atoms with Crippen LogP contribution in [0.25, 0.3) is 0 Å². The first-order chi connectivity index (χ1) is 12.1. The van der Waals surface area contributed by atoms with Crippen LogP contribution in [-0.2, 0) is 20.7 Å². The standard InChI is InChI=1S/C20H30N2O3/c1-3-25-20(24)18-11-13-22(14-12-18)15-19(23)21-16(2)9-10-17-7-5-4-6-8-17/h4-8,16,18H,3,9-15H2,1-2H3,(H,21,23)/t16-/m1/s1. The molecule has 0 bridgehead atoms. The SMILES string of the molecule is CCOC(=O)C1CCN(CC(=O)N[C@H](C)CCc2ccccc2)CC1. The van der Waals surface area contributed by atoms with Crippen LogP contribution in [-0.4, -0.2) is 49.1 Å². The van der Waals surface area contributed by atoms with Crippen LogP contribution in [0, 0.1) is 5.92 Å². The van der Waals surface area contributed by atoms with Gasteiger partial charge in [0.25, 0.3) is 0 Å². The average molecular weight is 346 g/mol. The fourth-order valence-corrected chi connectivity index (χ4v) is 3.21. The van der Waals surface area contributed by atoms with Gasteiger partial charge in [0.1, 0.15) is 0 Å². The van der Waals surface area contributed by atoms with Crippen LogP contribution in [0.3, 0.4) is 0 Å². The number of nitrogens with zero attached hydrogens (tertiary/aromatic N) is 1. The van der Waals surface area contributed by atoms with Gasteiger partial charge in [-0.1, -0.05) is 30.3 Å². The van der Waals surface area contributed by atoms with Gasteiger partial charge in [-0.25, -0.2) is 0 Å². The summed E-state index contributed by atoms with van der Waals surface area (Å²) in [4.78, 5) is 26.1. The maximum absolute atomic E-state index is 12.2. The van der Waals surface area contributed by atoms with Gasteiger partial charge in [0, 0.05) is 6.04 Å². The predicted molar refractivity (Wildman–Crippen MR) is 98.2 cm³/mol. The molecular formula is C20H30N2O3. The van der Waals surface area contributed by atoms with Crippen molar-refractivity contribution >= 4 is 11.9 Å². The Balaban J connectivity index is 1.64. The fourth-order valence-electron chi connectivity index (χ4n) is 3.21. The lowest BCUT2D eigenvalue weighted by Crippen LogP contribution is -2.44. The zero-order valence-corrected chi connectivity index (χ0v) is 15.4. The molecule has 1 aromatic carbocycles. The molecule has 1 aliphatic heterocycles. The van der Waals surface area contributed by atoms with Gasteiger partial charge in [0.15, 0.2) is 0 Å². The molecule has 1 atom stereocenters. The van der Waals surface area contributed by atoms with Gasteiger partial charge in [0.05, 0.1) is 19.1 Å². The third-order valence-electron chi connectivity index (χ3n) is 4.69. The molecule has 1 amide bonds. The molecule has 0 radical (unpaired) electrons. The number of ether oxygens (including phenoxy) is 1. The molecule has 0 unspecified atom stereocenters. The van der Waals surface area contributed by atoms with Crippen molar-refractivity contribution in [2.75, 3.05) is 26.2 Å². The van der Waals surface area contributed by atoms with Crippen molar-refractivity contribution in [3.63, 3.8) is 0 Å². The second-order valence-corrected chi connectivity index (χ2v) is 6.80. The largest absolute Gasteiger partial charge is 0.466 e.